The highest BCUT2D eigenvalue weighted by Gasteiger charge is 2.48. The average Bonchev–Trinajstić information content (AvgIpc) is 1.61. The van der Waals surface area contributed by atoms with Crippen molar-refractivity contribution >= 4 is 105 Å². The van der Waals surface area contributed by atoms with Crippen LogP contribution in [0.25, 0.3) is 32.4 Å². The Kier molecular flexibility index (Phi) is 26.2. The number of ether oxygens (including phenoxy) is 1. The number of hydrogen-bond acceptors (Lipinski definition) is 17. The number of nitrogens with one attached hydrogen (secondary N) is 6. The molecule has 4 aliphatic heterocycles. The van der Waals surface area contributed by atoms with Gasteiger partial charge in [-0.2, -0.15) is 0 Å². The second kappa shape index (κ2) is 35.9. The standard InChI is InChI=1S/C82H101FN13O17PS/c1-45(50-20-22-52(23-21-50)72-46(2)85-44-115-72)86-77(105)65-40-57(97)41-94(65)79(107)73(82(3,4)5)90-68(99)14-9-7-8-11-51-12-10-13-66(71(51)83)113-43-55(25-31-67(84)98)87-75(103)62-29-26-56-33-34-93(42-60(78(106)95(56)62)89-74(102)59-39-54-38-53(24-27-58(54)88-59)80(108)114(110,111)112)70(101)37-48-17-15-47(16-18-48)35-49-19-28-61-64(36-49)92(6)81(109)96(61)63-30-32-69(100)91-76(63)104/h10,12-13,19-24,27-28,36,38-39,44-45,47-48,55-57,60,62-63,65,73,88,97H,7-9,11,14-18,25-26,29-35,37,40-43H2,1-6H3,(H2,84,98)(H,86,105)(H,87,103)(H,89,102)(H,90,99)(H,91,100,104)(H2,110,111,112)/t45-,47?,48?,55-,56+,57+,60-,62-,63?,65-,73+/m0/s1. The van der Waals surface area contributed by atoms with Crippen LogP contribution in [-0.2, 0) is 67.6 Å². The Morgan fingerprint density at radius 3 is 2.26 bits per heavy atom. The normalized spacial score (nSPS) is 21.5. The van der Waals surface area contributed by atoms with Crippen molar-refractivity contribution in [3.63, 3.8) is 0 Å². The lowest BCUT2D eigenvalue weighted by Gasteiger charge is -2.39. The van der Waals surface area contributed by atoms with Crippen LogP contribution < -0.4 is 42.7 Å². The number of benzene rings is 4. The highest BCUT2D eigenvalue weighted by Crippen LogP contribution is 2.41. The number of aromatic amines is 1. The Balaban J connectivity index is 0.653. The minimum Gasteiger partial charge on any atom is -0.488 e. The van der Waals surface area contributed by atoms with E-state index in [-0.39, 0.29) is 142 Å². The van der Waals surface area contributed by atoms with Crippen LogP contribution in [0.5, 0.6) is 5.75 Å². The molecule has 33 heteroatoms. The van der Waals surface area contributed by atoms with Crippen LogP contribution in [-0.4, -0.2) is 182 Å². The zero-order valence-corrected chi connectivity index (χ0v) is 67.0. The molecule has 9 atom stereocenters. The number of imide groups is 1. The number of likely N-dealkylation sites (tertiary alicyclic amines) is 1. The van der Waals surface area contributed by atoms with Gasteiger partial charge in [0.05, 0.1) is 45.3 Å². The molecule has 30 nitrogen and oxygen atoms in total. The van der Waals surface area contributed by atoms with Gasteiger partial charge in [-0.15, -0.1) is 11.3 Å². The number of amides is 10. The Bertz CT molecular complexity index is 5000. The number of fused-ring (bicyclic) bond motifs is 3. The molecule has 12 rings (SSSR count). The molecule has 5 fully saturated rings. The smallest absolute Gasteiger partial charge is 0.396 e. The summed E-state index contributed by atoms with van der Waals surface area (Å²) in [5, 5.41) is 25.1. The quantitative estimate of drug-likeness (QED) is 0.0127. The number of β-amino-alcohol motifs (C(OH)–C–C–N with tert-alkyl or cyclic N) is 1. The highest BCUT2D eigenvalue weighted by atomic mass is 32.1. The summed E-state index contributed by atoms with van der Waals surface area (Å²) < 4.78 is 37.3. The number of thiazole rings is 1. The molecule has 3 aromatic heterocycles. The maximum absolute atomic E-state index is 16.4. The first-order chi connectivity index (χ1) is 54.7. The number of aliphatic hydroxyl groups excluding tert-OH is 1. The van der Waals surface area contributed by atoms with Gasteiger partial charge >= 0.3 is 13.3 Å². The molecular weight excluding hydrogens is 1520 g/mol. The molecule has 4 saturated heterocycles. The van der Waals surface area contributed by atoms with Gasteiger partial charge in [-0.1, -0.05) is 69.7 Å². The van der Waals surface area contributed by atoms with Gasteiger partial charge in [0.2, 0.25) is 53.2 Å². The van der Waals surface area contributed by atoms with Crippen LogP contribution in [0, 0.1) is 30.0 Å². The fourth-order valence-electron chi connectivity index (χ4n) is 16.8. The average molecular weight is 1620 g/mol. The van der Waals surface area contributed by atoms with Crippen molar-refractivity contribution in [3.05, 3.63) is 140 Å². The van der Waals surface area contributed by atoms with E-state index >= 15 is 9.18 Å². The monoisotopic (exact) mass is 1620 g/mol. The number of carbonyl (C=O) groups excluding carboxylic acids is 11. The van der Waals surface area contributed by atoms with E-state index < -0.39 is 126 Å². The topological polar surface area (TPSA) is 426 Å². The number of aromatic nitrogens is 4. The minimum absolute atomic E-state index is 0.00985. The summed E-state index contributed by atoms with van der Waals surface area (Å²) >= 11 is 1.54. The molecule has 5 aliphatic rings. The van der Waals surface area contributed by atoms with E-state index in [4.69, 9.17) is 10.5 Å². The molecule has 0 spiro atoms. The summed E-state index contributed by atoms with van der Waals surface area (Å²) in [7, 11) is -3.52. The Morgan fingerprint density at radius 2 is 1.56 bits per heavy atom. The molecule has 1 saturated carbocycles. The molecule has 0 bridgehead atoms. The molecule has 7 heterocycles. The first-order valence-electron chi connectivity index (χ1n) is 39.4. The summed E-state index contributed by atoms with van der Waals surface area (Å²) in [6.07, 6.45) is 5.52. The van der Waals surface area contributed by atoms with Crippen molar-refractivity contribution in [3.8, 4) is 16.2 Å². The highest BCUT2D eigenvalue weighted by molar-refractivity contribution is 7.70. The SMILES string of the molecule is Cc1ncsc1-c1ccc([C@H](C)NC(=O)[C@@H]2C[C@@H](O)CN2C(=O)[C@@H](NC(=O)CCCCCc2cccc(OC[C@H](CCC(N)=O)NC(=O)[C@@H]3CC[C@@H]4CCN(C(=O)CC5CCC(Cc6ccc7c(c6)n(C)c(=O)n7C6CCC(=O)NC6=O)CC5)C[C@H](NC(=O)c5cc6cc(C(=O)P(=O)(O)O)ccc6[nH]5)C(=O)N43)c2F)C(C)(C)C)cc1. The number of primary amides is 1. The predicted molar refractivity (Wildman–Crippen MR) is 424 cm³/mol. The number of unbranched alkanes of at least 4 members (excludes halogenated alkanes) is 2. The number of nitrogens with zero attached hydrogens (tertiary/aromatic N) is 6. The van der Waals surface area contributed by atoms with E-state index in [0.717, 1.165) is 52.9 Å². The Hall–Kier alpha value is -10.3. The van der Waals surface area contributed by atoms with E-state index in [0.29, 0.717) is 54.2 Å². The maximum atomic E-state index is 16.4. The largest absolute Gasteiger partial charge is 0.488 e. The molecule has 4 aromatic carbocycles. The minimum atomic E-state index is -5.17. The number of rotatable bonds is 29. The van der Waals surface area contributed by atoms with Gasteiger partial charge in [0.15, 0.2) is 11.6 Å². The first-order valence-corrected chi connectivity index (χ1v) is 41.9. The molecule has 0 radical (unpaired) electrons. The van der Waals surface area contributed by atoms with Gasteiger partial charge in [-0.3, -0.25) is 71.8 Å². The van der Waals surface area contributed by atoms with Crippen molar-refractivity contribution < 1.29 is 81.3 Å². The molecule has 11 N–H and O–H groups in total. The predicted octanol–water partition coefficient (Wildman–Crippen LogP) is 7.12. The number of hydrogen-bond donors (Lipinski definition) is 10. The maximum Gasteiger partial charge on any atom is 0.396 e. The van der Waals surface area contributed by atoms with Crippen molar-refractivity contribution in [1.29, 1.82) is 0 Å². The van der Waals surface area contributed by atoms with Crippen LogP contribution in [0.2, 0.25) is 0 Å². The van der Waals surface area contributed by atoms with Crippen molar-refractivity contribution in [2.45, 2.75) is 211 Å². The van der Waals surface area contributed by atoms with E-state index in [1.54, 1.807) is 61.7 Å². The van der Waals surface area contributed by atoms with Crippen LogP contribution >= 0.6 is 18.9 Å². The zero-order chi connectivity index (χ0) is 82.5. The van der Waals surface area contributed by atoms with Crippen LogP contribution in [0.3, 0.4) is 0 Å². The second-order valence-corrected chi connectivity index (χ2v) is 34.8. The number of imidazole rings is 1. The number of H-pyrrole nitrogens is 1. The van der Waals surface area contributed by atoms with Gasteiger partial charge in [0.25, 0.3) is 11.4 Å². The molecule has 10 amide bonds. The van der Waals surface area contributed by atoms with Gasteiger partial charge in [0, 0.05) is 81.3 Å². The number of aryl methyl sites for hydroxylation is 3. The summed E-state index contributed by atoms with van der Waals surface area (Å²) in [5.74, 6) is -5.77. The number of aliphatic hydroxyl groups is 1. The Labute approximate surface area is 667 Å². The van der Waals surface area contributed by atoms with Crippen LogP contribution in [0.1, 0.15) is 192 Å². The van der Waals surface area contributed by atoms with E-state index in [1.807, 2.05) is 56.3 Å². The third-order valence-corrected chi connectivity index (χ3v) is 24.9. The summed E-state index contributed by atoms with van der Waals surface area (Å²) in [6.45, 7) is 8.67. The summed E-state index contributed by atoms with van der Waals surface area (Å²) in [6, 6.07) is 16.0. The lowest BCUT2D eigenvalue weighted by atomic mass is 9.78. The van der Waals surface area contributed by atoms with E-state index in [2.05, 4.69) is 36.6 Å². The van der Waals surface area contributed by atoms with Gasteiger partial charge in [-0.05, 0) is 179 Å². The van der Waals surface area contributed by atoms with E-state index in [1.165, 1.54) is 49.3 Å². The number of nitrogens with two attached hydrogens (primary N) is 1. The van der Waals surface area contributed by atoms with Crippen LogP contribution in [0.4, 0.5) is 4.39 Å². The van der Waals surface area contributed by atoms with Gasteiger partial charge in [-0.25, -0.2) is 14.2 Å². The first kappa shape index (κ1) is 84.1. The third kappa shape index (κ3) is 19.8. The molecule has 115 heavy (non-hydrogen) atoms. The lowest BCUT2D eigenvalue weighted by molar-refractivity contribution is -0.145. The molecule has 1 aliphatic carbocycles. The van der Waals surface area contributed by atoms with Gasteiger partial charge in [0.1, 0.15) is 42.5 Å². The lowest BCUT2D eigenvalue weighted by Crippen LogP contribution is -2.61. The Morgan fingerprint density at radius 1 is 0.817 bits per heavy atom. The fourth-order valence-corrected chi connectivity index (χ4v) is 18.0. The van der Waals surface area contributed by atoms with Crippen molar-refractivity contribution in [2.24, 2.45) is 30.0 Å². The molecular formula is C82H101FN13O17PS. The number of carbonyl (C=O) groups is 11. The summed E-state index contributed by atoms with van der Waals surface area (Å²) in [5.41, 5.74) is 10.1. The third-order valence-electron chi connectivity index (χ3n) is 23.1. The van der Waals surface area contributed by atoms with Crippen molar-refractivity contribution in [2.75, 3.05) is 26.2 Å². The molecule has 7 aromatic rings. The summed E-state index contributed by atoms with van der Waals surface area (Å²) in [4.78, 5) is 196. The van der Waals surface area contributed by atoms with Crippen LogP contribution in [0.15, 0.2) is 95.2 Å². The molecule has 614 valence electrons. The number of halogens is 1. The number of piperidine rings is 1. The van der Waals surface area contributed by atoms with Gasteiger partial charge < -0.3 is 66.3 Å². The second-order valence-electron chi connectivity index (χ2n) is 32.5. The molecule has 1 unspecified atom stereocenters. The fraction of sp³-hybridized carbons (Fsp3) is 0.500. The van der Waals surface area contributed by atoms with E-state index in [9.17, 15) is 72.2 Å². The van der Waals surface area contributed by atoms with Crippen molar-refractivity contribution in [1.82, 2.24) is 60.4 Å². The zero-order valence-electron chi connectivity index (χ0n) is 65.3.